The summed E-state index contributed by atoms with van der Waals surface area (Å²) >= 11 is 1.41. The molecule has 1 aromatic carbocycles. The first-order chi connectivity index (χ1) is 32.0. The number of rotatable bonds is 9. The van der Waals surface area contributed by atoms with Crippen LogP contribution in [0.3, 0.4) is 0 Å². The van der Waals surface area contributed by atoms with E-state index in [4.69, 9.17) is 19.4 Å². The lowest BCUT2D eigenvalue weighted by Crippen LogP contribution is -2.63. The van der Waals surface area contributed by atoms with E-state index in [-0.39, 0.29) is 55.0 Å². The maximum Gasteiger partial charge on any atom is 0.324 e. The molecule has 3 fully saturated rings. The number of fused-ring (bicyclic) bond motifs is 7. The number of piperazine rings is 1. The van der Waals surface area contributed by atoms with Gasteiger partial charge in [0.2, 0.25) is 11.8 Å². The molecule has 16 nitrogen and oxygen atoms in total. The second-order valence-electron chi connectivity index (χ2n) is 19.6. The first-order valence-electron chi connectivity index (χ1n) is 23.6. The van der Waals surface area contributed by atoms with Gasteiger partial charge in [0, 0.05) is 91.7 Å². The number of nitrogens with zero attached hydrogens (tertiary/aromatic N) is 7. The predicted octanol–water partition coefficient (Wildman–Crippen LogP) is 6.00. The second-order valence-corrected chi connectivity index (χ2v) is 20.6. The number of methoxy groups -OCH3 is 1. The smallest absolute Gasteiger partial charge is 0.324 e. The SMILES string of the molecule is C=CC(=O)N1CCN(C(=O)N(C)C(C(=O)N[C@H]2Cc3nc(cs3)-c3ccc4c(c3)c(c(-c3cccnc3[C@H](C)OC)n4CC)CC(C)(C)COC(=O)[C@@H]3CCCN(N3)C2=O)C(C)C)C2C(C)C21. The summed E-state index contributed by atoms with van der Waals surface area (Å²) in [6.45, 7) is 19.6. The molecule has 0 spiro atoms. The van der Waals surface area contributed by atoms with E-state index in [0.717, 1.165) is 44.7 Å². The van der Waals surface area contributed by atoms with E-state index in [9.17, 15) is 24.0 Å². The standard InChI is InChI=1S/C50H65N9O7S/c1-11-40(60)57-21-22-58(44-29(5)43(44)57)49(64)55(9)42(28(3)4)46(61)53-36-24-39-52-37(26-67-39)31-17-18-38-33(23-31)34(45(56(38)12-2)32-15-13-19-51-41(32)30(6)65-10)25-50(7,8)27-66-48(63)35-16-14-20-59(54-35)47(36)62/h11,13,15,17-19,23,26,28-30,35-36,42-44,54H,1,12,14,16,20-22,24-25,27H2,2-10H3,(H,53,61)/t29?,30-,35-,36-,42?,43?,44?/m0/s1. The number of benzene rings is 1. The Morgan fingerprint density at radius 1 is 1.12 bits per heavy atom. The van der Waals surface area contributed by atoms with Crippen molar-refractivity contribution in [3.05, 3.63) is 70.8 Å². The molecule has 17 heteroatoms. The third kappa shape index (κ3) is 9.21. The summed E-state index contributed by atoms with van der Waals surface area (Å²) in [5, 5.41) is 8.13. The molecule has 6 bridgehead atoms. The van der Waals surface area contributed by atoms with Crippen LogP contribution in [0.1, 0.15) is 83.7 Å². The fourth-order valence-corrected chi connectivity index (χ4v) is 11.4. The van der Waals surface area contributed by atoms with Crippen molar-refractivity contribution in [3.8, 4) is 22.5 Å². The normalized spacial score (nSPS) is 23.8. The molecule has 3 aromatic heterocycles. The van der Waals surface area contributed by atoms with Crippen LogP contribution in [0.4, 0.5) is 4.79 Å². The Morgan fingerprint density at radius 3 is 2.58 bits per heavy atom. The molecule has 8 rings (SSSR count). The fourth-order valence-electron chi connectivity index (χ4n) is 10.5. The number of urea groups is 1. The molecule has 2 N–H and O–H groups in total. The molecule has 1 saturated carbocycles. The molecule has 4 unspecified atom stereocenters. The Balaban J connectivity index is 1.14. The Labute approximate surface area is 397 Å². The summed E-state index contributed by atoms with van der Waals surface area (Å²) in [7, 11) is 3.30. The van der Waals surface area contributed by atoms with Crippen LogP contribution in [0, 0.1) is 17.3 Å². The Morgan fingerprint density at radius 2 is 1.87 bits per heavy atom. The summed E-state index contributed by atoms with van der Waals surface area (Å²) in [5.74, 6) is -1.76. The van der Waals surface area contributed by atoms with Crippen molar-refractivity contribution in [2.45, 2.75) is 117 Å². The van der Waals surface area contributed by atoms with Crippen LogP contribution in [-0.4, -0.2) is 135 Å². The highest BCUT2D eigenvalue weighted by atomic mass is 32.1. The molecule has 3 aliphatic heterocycles. The van der Waals surface area contributed by atoms with Crippen molar-refractivity contribution in [2.75, 3.05) is 40.4 Å². The highest BCUT2D eigenvalue weighted by molar-refractivity contribution is 7.10. The number of carbonyl (C=O) groups excluding carboxylic acids is 5. The minimum Gasteiger partial charge on any atom is -0.464 e. The van der Waals surface area contributed by atoms with Gasteiger partial charge in [-0.05, 0) is 74.9 Å². The zero-order valence-electron chi connectivity index (χ0n) is 40.2. The zero-order chi connectivity index (χ0) is 48.1. The van der Waals surface area contributed by atoms with Crippen molar-refractivity contribution in [2.24, 2.45) is 17.3 Å². The molecule has 5 amide bonds. The number of aryl methyl sites for hydroxylation is 1. The van der Waals surface area contributed by atoms with Gasteiger partial charge in [-0.25, -0.2) is 15.2 Å². The van der Waals surface area contributed by atoms with Gasteiger partial charge in [-0.1, -0.05) is 47.3 Å². The van der Waals surface area contributed by atoms with E-state index < -0.39 is 41.3 Å². The molecule has 4 aromatic rings. The number of likely N-dealkylation sites (N-methyl/N-ethyl adjacent to an activating group) is 1. The van der Waals surface area contributed by atoms with E-state index >= 15 is 0 Å². The van der Waals surface area contributed by atoms with Gasteiger partial charge in [0.25, 0.3) is 5.91 Å². The van der Waals surface area contributed by atoms with Crippen LogP contribution in [0.2, 0.25) is 0 Å². The lowest BCUT2D eigenvalue weighted by atomic mass is 9.84. The quantitative estimate of drug-likeness (QED) is 0.150. The number of ether oxygens (including phenoxy) is 2. The van der Waals surface area contributed by atoms with Crippen molar-refractivity contribution in [1.29, 1.82) is 0 Å². The largest absolute Gasteiger partial charge is 0.464 e. The predicted molar refractivity (Wildman–Crippen MR) is 256 cm³/mol. The molecule has 67 heavy (non-hydrogen) atoms. The number of esters is 1. The van der Waals surface area contributed by atoms with Gasteiger partial charge in [-0.2, -0.15) is 0 Å². The molecule has 1 aliphatic carbocycles. The third-order valence-electron chi connectivity index (χ3n) is 14.1. The highest BCUT2D eigenvalue weighted by Crippen LogP contribution is 2.44. The van der Waals surface area contributed by atoms with Gasteiger partial charge in [0.15, 0.2) is 0 Å². The van der Waals surface area contributed by atoms with E-state index in [0.29, 0.717) is 50.4 Å². The fraction of sp³-hybridized carbons (Fsp3) is 0.540. The topological polar surface area (TPSA) is 172 Å². The van der Waals surface area contributed by atoms with Gasteiger partial charge >= 0.3 is 12.0 Å². The van der Waals surface area contributed by atoms with E-state index in [2.05, 4.69) is 66.9 Å². The van der Waals surface area contributed by atoms with Gasteiger partial charge in [0.05, 0.1) is 46.9 Å². The van der Waals surface area contributed by atoms with Crippen molar-refractivity contribution >= 4 is 52.0 Å². The van der Waals surface area contributed by atoms with Crippen LogP contribution in [-0.2, 0) is 48.0 Å². The molecule has 358 valence electrons. The van der Waals surface area contributed by atoms with Crippen LogP contribution in [0.25, 0.3) is 33.4 Å². The van der Waals surface area contributed by atoms with Gasteiger partial charge in [0.1, 0.15) is 18.1 Å². The summed E-state index contributed by atoms with van der Waals surface area (Å²) in [6, 6.07) is 7.03. The van der Waals surface area contributed by atoms with Crippen molar-refractivity contribution in [1.82, 2.24) is 45.0 Å². The van der Waals surface area contributed by atoms with Gasteiger partial charge in [-0.3, -0.25) is 29.2 Å². The van der Waals surface area contributed by atoms with Gasteiger partial charge in [-0.15, -0.1) is 11.3 Å². The molecule has 7 atom stereocenters. The average Bonchev–Trinajstić information content (AvgIpc) is 3.62. The number of aromatic nitrogens is 3. The van der Waals surface area contributed by atoms with E-state index in [1.165, 1.54) is 27.3 Å². The Bertz CT molecular complexity index is 2570. The molecule has 6 heterocycles. The molecular formula is C50H65N9O7S. The third-order valence-corrected chi connectivity index (χ3v) is 14.9. The number of nitrogens with one attached hydrogen (secondary N) is 2. The molecular weight excluding hydrogens is 871 g/mol. The minimum absolute atomic E-state index is 0.0745. The monoisotopic (exact) mass is 935 g/mol. The number of amides is 5. The number of cyclic esters (lactones) is 1. The second kappa shape index (κ2) is 19.2. The number of carbonyl (C=O) groups is 5. The van der Waals surface area contributed by atoms with Crippen molar-refractivity contribution < 1.29 is 33.4 Å². The maximum absolute atomic E-state index is 14.7. The lowest BCUT2D eigenvalue weighted by molar-refractivity contribution is -0.155. The van der Waals surface area contributed by atoms with Crippen LogP contribution < -0.4 is 10.7 Å². The number of hydrazine groups is 1. The Kier molecular flexibility index (Phi) is 13.7. The van der Waals surface area contributed by atoms with E-state index in [1.807, 2.05) is 39.1 Å². The summed E-state index contributed by atoms with van der Waals surface area (Å²) in [6.07, 6.45) is 4.49. The summed E-state index contributed by atoms with van der Waals surface area (Å²) in [5.41, 5.74) is 9.27. The number of hydrogen-bond donors (Lipinski definition) is 2. The highest BCUT2D eigenvalue weighted by Gasteiger charge is 2.59. The first-order valence-corrected chi connectivity index (χ1v) is 24.4. The summed E-state index contributed by atoms with van der Waals surface area (Å²) < 4.78 is 14.3. The minimum atomic E-state index is -1.09. The van der Waals surface area contributed by atoms with Gasteiger partial charge < -0.3 is 34.1 Å². The van der Waals surface area contributed by atoms with Crippen LogP contribution >= 0.6 is 11.3 Å². The first kappa shape index (κ1) is 47.8. The number of pyridine rings is 1. The zero-order valence-corrected chi connectivity index (χ0v) is 41.0. The van der Waals surface area contributed by atoms with Crippen LogP contribution in [0.15, 0.2) is 54.6 Å². The van der Waals surface area contributed by atoms with Crippen molar-refractivity contribution in [3.63, 3.8) is 0 Å². The lowest BCUT2D eigenvalue weighted by Gasteiger charge is -2.39. The summed E-state index contributed by atoms with van der Waals surface area (Å²) in [4.78, 5) is 84.9. The number of hydrogen-bond acceptors (Lipinski definition) is 11. The molecule has 0 radical (unpaired) electrons. The maximum atomic E-state index is 14.7. The average molecular weight is 936 g/mol. The Hall–Kier alpha value is -5.65. The molecule has 2 saturated heterocycles. The van der Waals surface area contributed by atoms with Crippen LogP contribution in [0.5, 0.6) is 0 Å². The molecule has 4 aliphatic rings. The number of thiazole rings is 1. The van der Waals surface area contributed by atoms with E-state index in [1.54, 1.807) is 30.2 Å².